The van der Waals surface area contributed by atoms with E-state index in [1.807, 2.05) is 74.5 Å². The first-order valence-corrected chi connectivity index (χ1v) is 10.6. The average molecular weight is 407 g/mol. The van der Waals surface area contributed by atoms with Crippen LogP contribution >= 0.6 is 0 Å². The van der Waals surface area contributed by atoms with E-state index in [-0.39, 0.29) is 0 Å². The SMILES string of the molecule is C/C=C\C(=C/C)c1nc(-c2ccccc2)nc(-c2cccc(C3=NC[C@H](C)C=C3)c2)n1. The summed E-state index contributed by atoms with van der Waals surface area (Å²) in [7, 11) is 0. The Balaban J connectivity index is 1.83. The third-order valence-electron chi connectivity index (χ3n) is 5.13. The summed E-state index contributed by atoms with van der Waals surface area (Å²) in [5.74, 6) is 2.47. The lowest BCUT2D eigenvalue weighted by molar-refractivity contribution is 0.734. The van der Waals surface area contributed by atoms with Crippen molar-refractivity contribution in [3.05, 3.63) is 96.4 Å². The largest absolute Gasteiger partial charge is 0.284 e. The van der Waals surface area contributed by atoms with E-state index in [0.717, 1.165) is 34.5 Å². The van der Waals surface area contributed by atoms with Crippen molar-refractivity contribution in [2.75, 3.05) is 6.54 Å². The van der Waals surface area contributed by atoms with Gasteiger partial charge in [-0.25, -0.2) is 15.0 Å². The molecule has 3 aromatic rings. The number of allylic oxidation sites excluding steroid dienone is 5. The van der Waals surface area contributed by atoms with Gasteiger partial charge >= 0.3 is 0 Å². The van der Waals surface area contributed by atoms with Crippen molar-refractivity contribution in [3.63, 3.8) is 0 Å². The maximum absolute atomic E-state index is 4.82. The second-order valence-electron chi connectivity index (χ2n) is 7.56. The highest BCUT2D eigenvalue weighted by Gasteiger charge is 2.14. The standard InChI is InChI=1S/C27H26N4/c1-4-10-20(5-2)25-29-26(21-11-7-6-8-12-21)31-27(30-25)23-14-9-13-22(17-23)24-16-15-19(3)18-28-24/h4-17,19H,18H2,1-3H3/b10-4-,20-5+/t19-/m1/s1. The van der Waals surface area contributed by atoms with Gasteiger partial charge in [0.15, 0.2) is 17.5 Å². The summed E-state index contributed by atoms with van der Waals surface area (Å²) in [5, 5.41) is 0. The zero-order valence-electron chi connectivity index (χ0n) is 18.2. The Morgan fingerprint density at radius 3 is 2.26 bits per heavy atom. The lowest BCUT2D eigenvalue weighted by Crippen LogP contribution is -2.08. The highest BCUT2D eigenvalue weighted by atomic mass is 15.0. The number of dihydropyridines is 1. The fourth-order valence-corrected chi connectivity index (χ4v) is 3.45. The third-order valence-corrected chi connectivity index (χ3v) is 5.13. The van der Waals surface area contributed by atoms with E-state index in [1.165, 1.54) is 0 Å². The molecule has 0 N–H and O–H groups in total. The second kappa shape index (κ2) is 9.43. The van der Waals surface area contributed by atoms with Gasteiger partial charge in [-0.3, -0.25) is 4.99 Å². The van der Waals surface area contributed by atoms with Gasteiger partial charge in [0.2, 0.25) is 0 Å². The van der Waals surface area contributed by atoms with Gasteiger partial charge < -0.3 is 0 Å². The van der Waals surface area contributed by atoms with Crippen molar-refractivity contribution >= 4 is 11.3 Å². The molecule has 0 aliphatic carbocycles. The molecule has 0 spiro atoms. The summed E-state index contributed by atoms with van der Waals surface area (Å²) in [5.41, 5.74) is 4.95. The van der Waals surface area contributed by atoms with Crippen LogP contribution in [0.4, 0.5) is 0 Å². The van der Waals surface area contributed by atoms with Gasteiger partial charge in [0.1, 0.15) is 0 Å². The fourth-order valence-electron chi connectivity index (χ4n) is 3.45. The minimum Gasteiger partial charge on any atom is -0.284 e. The number of rotatable bonds is 5. The van der Waals surface area contributed by atoms with Gasteiger partial charge in [-0.2, -0.15) is 0 Å². The first-order chi connectivity index (χ1) is 15.2. The Kier molecular flexibility index (Phi) is 6.27. The van der Waals surface area contributed by atoms with Gasteiger partial charge in [-0.1, -0.05) is 79.8 Å². The van der Waals surface area contributed by atoms with Gasteiger partial charge in [-0.05, 0) is 31.9 Å². The monoisotopic (exact) mass is 406 g/mol. The second-order valence-corrected chi connectivity index (χ2v) is 7.56. The molecule has 1 aliphatic heterocycles. The van der Waals surface area contributed by atoms with E-state index < -0.39 is 0 Å². The smallest absolute Gasteiger partial charge is 0.164 e. The van der Waals surface area contributed by atoms with Crippen molar-refractivity contribution in [2.24, 2.45) is 10.9 Å². The maximum atomic E-state index is 4.82. The molecule has 2 heterocycles. The molecule has 31 heavy (non-hydrogen) atoms. The summed E-state index contributed by atoms with van der Waals surface area (Å²) in [6.07, 6.45) is 10.3. The van der Waals surface area contributed by atoms with Crippen LogP contribution in [0.3, 0.4) is 0 Å². The first-order valence-electron chi connectivity index (χ1n) is 10.6. The number of aromatic nitrogens is 3. The quantitative estimate of drug-likeness (QED) is 0.475. The number of aliphatic imine (C=N–C) groups is 1. The predicted octanol–water partition coefficient (Wildman–Crippen LogP) is 6.18. The zero-order chi connectivity index (χ0) is 21.6. The molecule has 0 unspecified atom stereocenters. The summed E-state index contributed by atoms with van der Waals surface area (Å²) in [6.45, 7) is 6.98. The van der Waals surface area contributed by atoms with E-state index in [0.29, 0.717) is 23.4 Å². The van der Waals surface area contributed by atoms with Gasteiger partial charge in [0.25, 0.3) is 0 Å². The van der Waals surface area contributed by atoms with E-state index in [9.17, 15) is 0 Å². The number of hydrogen-bond acceptors (Lipinski definition) is 4. The molecule has 0 saturated heterocycles. The molecule has 2 aromatic carbocycles. The topological polar surface area (TPSA) is 51.0 Å². The van der Waals surface area contributed by atoms with Crippen molar-refractivity contribution < 1.29 is 0 Å². The number of benzene rings is 2. The Bertz CT molecular complexity index is 1190. The highest BCUT2D eigenvalue weighted by Crippen LogP contribution is 2.24. The molecular weight excluding hydrogens is 380 g/mol. The van der Waals surface area contributed by atoms with Crippen molar-refractivity contribution in [2.45, 2.75) is 20.8 Å². The van der Waals surface area contributed by atoms with Crippen LogP contribution in [-0.2, 0) is 0 Å². The molecule has 1 aliphatic rings. The summed E-state index contributed by atoms with van der Waals surface area (Å²) < 4.78 is 0. The molecule has 4 nitrogen and oxygen atoms in total. The summed E-state index contributed by atoms with van der Waals surface area (Å²) in [6, 6.07) is 18.3. The van der Waals surface area contributed by atoms with Crippen LogP contribution in [0, 0.1) is 5.92 Å². The zero-order valence-corrected chi connectivity index (χ0v) is 18.2. The van der Waals surface area contributed by atoms with Crippen LogP contribution in [0.25, 0.3) is 28.3 Å². The predicted molar refractivity (Wildman–Crippen MR) is 129 cm³/mol. The van der Waals surface area contributed by atoms with Crippen molar-refractivity contribution in [1.29, 1.82) is 0 Å². The summed E-state index contributed by atoms with van der Waals surface area (Å²) >= 11 is 0. The van der Waals surface area contributed by atoms with E-state index in [2.05, 4.69) is 31.2 Å². The Labute approximate surface area is 183 Å². The van der Waals surface area contributed by atoms with Crippen LogP contribution < -0.4 is 0 Å². The average Bonchev–Trinajstić information content (AvgIpc) is 2.83. The lowest BCUT2D eigenvalue weighted by atomic mass is 10.0. The normalized spacial score (nSPS) is 16.5. The van der Waals surface area contributed by atoms with Crippen molar-refractivity contribution in [3.8, 4) is 22.8 Å². The molecular formula is C27H26N4. The Morgan fingerprint density at radius 2 is 1.58 bits per heavy atom. The number of nitrogens with zero attached hydrogens (tertiary/aromatic N) is 4. The number of hydrogen-bond donors (Lipinski definition) is 0. The lowest BCUT2D eigenvalue weighted by Gasteiger charge is -2.12. The van der Waals surface area contributed by atoms with Crippen LogP contribution in [0.2, 0.25) is 0 Å². The first kappa shape index (κ1) is 20.6. The van der Waals surface area contributed by atoms with Crippen molar-refractivity contribution in [1.82, 2.24) is 15.0 Å². The molecule has 0 saturated carbocycles. The van der Waals surface area contributed by atoms with Crippen LogP contribution in [0.15, 0.2) is 90.0 Å². The highest BCUT2D eigenvalue weighted by molar-refractivity contribution is 6.09. The Hall–Kier alpha value is -3.66. The molecule has 1 atom stereocenters. The van der Waals surface area contributed by atoms with Crippen LogP contribution in [-0.4, -0.2) is 27.2 Å². The molecule has 0 amide bonds. The molecule has 4 rings (SSSR count). The fraction of sp³-hybridized carbons (Fsp3) is 0.185. The van der Waals surface area contributed by atoms with Gasteiger partial charge in [0.05, 0.1) is 5.71 Å². The molecule has 0 bridgehead atoms. The summed E-state index contributed by atoms with van der Waals surface area (Å²) in [4.78, 5) is 19.1. The molecule has 0 fully saturated rings. The molecule has 1 aromatic heterocycles. The van der Waals surface area contributed by atoms with Crippen LogP contribution in [0.5, 0.6) is 0 Å². The van der Waals surface area contributed by atoms with E-state index in [4.69, 9.17) is 19.9 Å². The van der Waals surface area contributed by atoms with E-state index in [1.54, 1.807) is 0 Å². The van der Waals surface area contributed by atoms with Gasteiger partial charge in [0, 0.05) is 28.8 Å². The minimum absolute atomic E-state index is 0.484. The maximum Gasteiger partial charge on any atom is 0.164 e. The Morgan fingerprint density at radius 1 is 0.871 bits per heavy atom. The molecule has 0 radical (unpaired) electrons. The molecule has 154 valence electrons. The third kappa shape index (κ3) is 4.75. The van der Waals surface area contributed by atoms with Gasteiger partial charge in [-0.15, -0.1) is 0 Å². The minimum atomic E-state index is 0.484. The molecule has 4 heteroatoms. The van der Waals surface area contributed by atoms with E-state index >= 15 is 0 Å². The van der Waals surface area contributed by atoms with Crippen LogP contribution in [0.1, 0.15) is 32.2 Å².